The summed E-state index contributed by atoms with van der Waals surface area (Å²) in [5.74, 6) is 0.326. The zero-order valence-electron chi connectivity index (χ0n) is 18.1. The van der Waals surface area contributed by atoms with Crippen LogP contribution in [0.3, 0.4) is 0 Å². The predicted molar refractivity (Wildman–Crippen MR) is 122 cm³/mol. The molecule has 3 aromatic rings. The first-order chi connectivity index (χ1) is 15.8. The molecule has 7 nitrogen and oxygen atoms in total. The molecule has 0 spiro atoms. The lowest BCUT2D eigenvalue weighted by Crippen LogP contribution is -2.46. The fourth-order valence-corrected chi connectivity index (χ4v) is 5.31. The summed E-state index contributed by atoms with van der Waals surface area (Å²) < 4.78 is 52.2. The summed E-state index contributed by atoms with van der Waals surface area (Å²) in [4.78, 5) is 12.8. The molecule has 172 valence electrons. The number of fused-ring (bicyclic) bond motifs is 3. The van der Waals surface area contributed by atoms with E-state index in [1.165, 1.54) is 24.3 Å². The van der Waals surface area contributed by atoms with Crippen LogP contribution in [0.5, 0.6) is 11.5 Å². The molecule has 33 heavy (non-hydrogen) atoms. The molecule has 0 unspecified atom stereocenters. The Balaban J connectivity index is 1.48. The van der Waals surface area contributed by atoms with Crippen LogP contribution in [0.2, 0.25) is 0 Å². The van der Waals surface area contributed by atoms with E-state index in [1.807, 2.05) is 0 Å². The molecule has 0 saturated carbocycles. The van der Waals surface area contributed by atoms with Crippen molar-refractivity contribution < 1.29 is 27.1 Å². The minimum atomic E-state index is -3.99. The molecular weight excluding hydrogens is 447 g/mol. The van der Waals surface area contributed by atoms with Gasteiger partial charge in [0.1, 0.15) is 30.5 Å². The fourth-order valence-electron chi connectivity index (χ4n) is 3.66. The molecule has 0 saturated heterocycles. The molecule has 0 aliphatic carbocycles. The maximum absolute atomic E-state index is 13.9. The molecule has 1 aliphatic rings. The van der Waals surface area contributed by atoms with Crippen LogP contribution >= 0.6 is 0 Å². The second-order valence-electron chi connectivity index (χ2n) is 7.62. The Bertz CT molecular complexity index is 1280. The van der Waals surface area contributed by atoms with E-state index in [0.29, 0.717) is 22.6 Å². The topological polar surface area (TPSA) is 84.9 Å². The van der Waals surface area contributed by atoms with Crippen LogP contribution in [0, 0.1) is 5.82 Å². The van der Waals surface area contributed by atoms with Crippen LogP contribution < -0.4 is 19.1 Å². The standard InChI is InChI=1S/C24H23FN2O5S/c1-16(15-32-19-10-8-18(31-2)9-11-19)26-24(28)14-27-22-12-7-17(25)13-21(22)20-5-3-4-6-23(20)33(27,29)30/h3-13,16H,14-15H2,1-2H3,(H,26,28)/t16-/m0/s1. The highest BCUT2D eigenvalue weighted by Crippen LogP contribution is 2.42. The molecule has 1 amide bonds. The van der Waals surface area contributed by atoms with Gasteiger partial charge in [-0.05, 0) is 55.5 Å². The molecule has 1 N–H and O–H groups in total. The molecule has 0 radical (unpaired) electrons. The van der Waals surface area contributed by atoms with Gasteiger partial charge in [0.2, 0.25) is 5.91 Å². The Hall–Kier alpha value is -3.59. The summed E-state index contributed by atoms with van der Waals surface area (Å²) in [5, 5.41) is 2.76. The number of methoxy groups -OCH3 is 1. The van der Waals surface area contributed by atoms with Gasteiger partial charge in [-0.2, -0.15) is 0 Å². The number of rotatable bonds is 7. The summed E-state index contributed by atoms with van der Waals surface area (Å²) in [6.45, 7) is 1.50. The number of nitrogens with zero attached hydrogens (tertiary/aromatic N) is 1. The van der Waals surface area contributed by atoms with E-state index in [4.69, 9.17) is 9.47 Å². The second kappa shape index (κ2) is 9.11. The average Bonchev–Trinajstić information content (AvgIpc) is 2.81. The van der Waals surface area contributed by atoms with E-state index in [9.17, 15) is 17.6 Å². The van der Waals surface area contributed by atoms with Gasteiger partial charge in [0, 0.05) is 11.1 Å². The number of sulfonamides is 1. The summed E-state index contributed by atoms with van der Waals surface area (Å²) in [5.41, 5.74) is 1.08. The average molecular weight is 471 g/mol. The Morgan fingerprint density at radius 2 is 1.73 bits per heavy atom. The number of nitrogens with one attached hydrogen (secondary N) is 1. The Morgan fingerprint density at radius 3 is 2.45 bits per heavy atom. The minimum Gasteiger partial charge on any atom is -0.497 e. The summed E-state index contributed by atoms with van der Waals surface area (Å²) >= 11 is 0. The first kappa shape index (κ1) is 22.6. The number of carbonyl (C=O) groups is 1. The molecule has 0 bridgehead atoms. The van der Waals surface area contributed by atoms with Crippen molar-refractivity contribution in [2.75, 3.05) is 24.6 Å². The van der Waals surface area contributed by atoms with Crippen LogP contribution in [0.1, 0.15) is 6.92 Å². The number of benzene rings is 3. The summed E-state index contributed by atoms with van der Waals surface area (Å²) in [7, 11) is -2.42. The first-order valence-corrected chi connectivity index (χ1v) is 11.7. The van der Waals surface area contributed by atoms with Gasteiger partial charge in [-0.1, -0.05) is 18.2 Å². The van der Waals surface area contributed by atoms with E-state index in [-0.39, 0.29) is 23.2 Å². The largest absolute Gasteiger partial charge is 0.497 e. The molecule has 1 atom stereocenters. The SMILES string of the molecule is COc1ccc(OC[C@H](C)NC(=O)CN2c3ccc(F)cc3-c3ccccc3S2(=O)=O)cc1. The van der Waals surface area contributed by atoms with Crippen LogP contribution in [0.25, 0.3) is 11.1 Å². The van der Waals surface area contributed by atoms with Gasteiger partial charge in [0.15, 0.2) is 0 Å². The molecule has 9 heteroatoms. The highest BCUT2D eigenvalue weighted by molar-refractivity contribution is 7.93. The highest BCUT2D eigenvalue weighted by Gasteiger charge is 2.36. The van der Waals surface area contributed by atoms with Crippen molar-refractivity contribution in [3.63, 3.8) is 0 Å². The van der Waals surface area contributed by atoms with Gasteiger partial charge in [-0.3, -0.25) is 9.10 Å². The van der Waals surface area contributed by atoms with Gasteiger partial charge in [-0.25, -0.2) is 12.8 Å². The number of hydrogen-bond acceptors (Lipinski definition) is 5. The molecule has 4 rings (SSSR count). The van der Waals surface area contributed by atoms with Crippen molar-refractivity contribution in [1.82, 2.24) is 5.32 Å². The van der Waals surface area contributed by atoms with Crippen LogP contribution in [0.4, 0.5) is 10.1 Å². The van der Waals surface area contributed by atoms with Crippen LogP contribution in [-0.2, 0) is 14.8 Å². The van der Waals surface area contributed by atoms with Crippen LogP contribution in [0.15, 0.2) is 71.6 Å². The van der Waals surface area contributed by atoms with E-state index >= 15 is 0 Å². The van der Waals surface area contributed by atoms with E-state index in [0.717, 1.165) is 4.31 Å². The summed E-state index contributed by atoms with van der Waals surface area (Å²) in [6, 6.07) is 16.8. The smallest absolute Gasteiger partial charge is 0.265 e. The van der Waals surface area contributed by atoms with E-state index in [1.54, 1.807) is 56.5 Å². The monoisotopic (exact) mass is 470 g/mol. The first-order valence-electron chi connectivity index (χ1n) is 10.3. The lowest BCUT2D eigenvalue weighted by atomic mass is 10.0. The zero-order valence-corrected chi connectivity index (χ0v) is 18.9. The molecule has 3 aromatic carbocycles. The number of ether oxygens (including phenoxy) is 2. The van der Waals surface area contributed by atoms with Crippen molar-refractivity contribution in [1.29, 1.82) is 0 Å². The maximum atomic E-state index is 13.9. The minimum absolute atomic E-state index is 0.0341. The third kappa shape index (κ3) is 4.63. The fraction of sp³-hybridized carbons (Fsp3) is 0.208. The number of anilines is 1. The Labute approximate surface area is 191 Å². The third-order valence-electron chi connectivity index (χ3n) is 5.23. The molecule has 1 heterocycles. The number of halogens is 1. The Kier molecular flexibility index (Phi) is 6.24. The number of carbonyl (C=O) groups excluding carboxylic acids is 1. The van der Waals surface area contributed by atoms with Gasteiger partial charge in [0.25, 0.3) is 10.0 Å². The number of amides is 1. The molecular formula is C24H23FN2O5S. The quantitative estimate of drug-likeness (QED) is 0.571. The second-order valence-corrected chi connectivity index (χ2v) is 9.46. The molecule has 0 aromatic heterocycles. The summed E-state index contributed by atoms with van der Waals surface area (Å²) in [6.07, 6.45) is 0. The van der Waals surface area contributed by atoms with E-state index < -0.39 is 28.3 Å². The molecule has 0 fully saturated rings. The Morgan fingerprint density at radius 1 is 1.03 bits per heavy atom. The van der Waals surface area contributed by atoms with Crippen molar-refractivity contribution in [2.45, 2.75) is 17.9 Å². The maximum Gasteiger partial charge on any atom is 0.265 e. The lowest BCUT2D eigenvalue weighted by Gasteiger charge is -2.32. The highest BCUT2D eigenvalue weighted by atomic mass is 32.2. The van der Waals surface area contributed by atoms with Crippen molar-refractivity contribution in [2.24, 2.45) is 0 Å². The zero-order chi connectivity index (χ0) is 23.6. The third-order valence-corrected chi connectivity index (χ3v) is 7.04. The van der Waals surface area contributed by atoms with Crippen molar-refractivity contribution in [3.05, 3.63) is 72.5 Å². The van der Waals surface area contributed by atoms with Gasteiger partial charge in [-0.15, -0.1) is 0 Å². The normalized spacial score (nSPS) is 14.6. The number of hydrogen-bond donors (Lipinski definition) is 1. The molecule has 1 aliphatic heterocycles. The van der Waals surface area contributed by atoms with Crippen molar-refractivity contribution in [3.8, 4) is 22.6 Å². The van der Waals surface area contributed by atoms with Gasteiger partial charge < -0.3 is 14.8 Å². The van der Waals surface area contributed by atoms with Crippen LogP contribution in [-0.4, -0.2) is 40.6 Å². The van der Waals surface area contributed by atoms with E-state index in [2.05, 4.69) is 5.32 Å². The van der Waals surface area contributed by atoms with Gasteiger partial charge >= 0.3 is 0 Å². The lowest BCUT2D eigenvalue weighted by molar-refractivity contribution is -0.120. The van der Waals surface area contributed by atoms with Crippen molar-refractivity contribution >= 4 is 21.6 Å². The predicted octanol–water partition coefficient (Wildman–Crippen LogP) is 3.59. The van der Waals surface area contributed by atoms with Gasteiger partial charge in [0.05, 0.1) is 23.7 Å².